The molecule has 0 fully saturated rings. The van der Waals surface area contributed by atoms with Crippen LogP contribution in [0.4, 0.5) is 0 Å². The summed E-state index contributed by atoms with van der Waals surface area (Å²) in [6.07, 6.45) is 1.72. The van der Waals surface area contributed by atoms with E-state index in [2.05, 4.69) is 5.32 Å². The molecule has 0 unspecified atom stereocenters. The van der Waals surface area contributed by atoms with Crippen LogP contribution in [0.1, 0.15) is 46.7 Å². The molecule has 3 rings (SSSR count). The molecule has 1 N–H and O–H groups in total. The van der Waals surface area contributed by atoms with Crippen molar-refractivity contribution in [2.75, 3.05) is 6.61 Å². The Bertz CT molecular complexity index is 884. The van der Waals surface area contributed by atoms with Gasteiger partial charge in [-0.3, -0.25) is 19.3 Å². The number of hydrogen-bond donors (Lipinski definition) is 1. The van der Waals surface area contributed by atoms with Crippen LogP contribution in [0.15, 0.2) is 47.1 Å². The molecule has 2 aromatic rings. The highest BCUT2D eigenvalue weighted by Crippen LogP contribution is 2.27. The van der Waals surface area contributed by atoms with Crippen LogP contribution in [-0.2, 0) is 20.9 Å². The molecule has 0 aliphatic carbocycles. The van der Waals surface area contributed by atoms with Crippen molar-refractivity contribution in [3.63, 3.8) is 0 Å². The van der Waals surface area contributed by atoms with Crippen molar-refractivity contribution < 1.29 is 28.3 Å². The number of carbonyl (C=O) groups excluding carboxylic acids is 4. The van der Waals surface area contributed by atoms with E-state index in [-0.39, 0.29) is 30.0 Å². The van der Waals surface area contributed by atoms with E-state index in [0.717, 1.165) is 4.90 Å². The molecular formula is C21H22N2O6. The van der Waals surface area contributed by atoms with Gasteiger partial charge in [-0.05, 0) is 36.6 Å². The normalized spacial score (nSPS) is 14.1. The summed E-state index contributed by atoms with van der Waals surface area (Å²) < 4.78 is 10.2. The van der Waals surface area contributed by atoms with Gasteiger partial charge in [-0.2, -0.15) is 0 Å². The van der Waals surface area contributed by atoms with Crippen LogP contribution in [-0.4, -0.2) is 41.2 Å². The van der Waals surface area contributed by atoms with E-state index in [1.54, 1.807) is 36.4 Å². The van der Waals surface area contributed by atoms with Crippen molar-refractivity contribution in [1.29, 1.82) is 0 Å². The van der Waals surface area contributed by atoms with Gasteiger partial charge in [-0.25, -0.2) is 4.79 Å². The first-order valence-corrected chi connectivity index (χ1v) is 9.31. The van der Waals surface area contributed by atoms with Gasteiger partial charge in [0, 0.05) is 0 Å². The molecule has 1 aromatic carbocycles. The Morgan fingerprint density at radius 3 is 2.28 bits per heavy atom. The smallest absolute Gasteiger partial charge is 0.329 e. The number of ether oxygens (including phenoxy) is 1. The molecule has 2 heterocycles. The van der Waals surface area contributed by atoms with Gasteiger partial charge in [-0.1, -0.05) is 26.0 Å². The van der Waals surface area contributed by atoms with Crippen LogP contribution >= 0.6 is 0 Å². The second kappa shape index (κ2) is 8.72. The fourth-order valence-corrected chi connectivity index (χ4v) is 3.13. The molecule has 1 aromatic heterocycles. The number of fused-ring (bicyclic) bond motifs is 1. The Morgan fingerprint density at radius 2 is 1.72 bits per heavy atom. The Hall–Kier alpha value is -3.42. The minimum absolute atomic E-state index is 0.0182. The Labute approximate surface area is 167 Å². The van der Waals surface area contributed by atoms with Gasteiger partial charge in [-0.15, -0.1) is 0 Å². The van der Waals surface area contributed by atoms with Gasteiger partial charge in [0.1, 0.15) is 11.8 Å². The molecule has 8 nitrogen and oxygen atoms in total. The third-order valence-electron chi connectivity index (χ3n) is 4.49. The molecule has 0 spiro atoms. The van der Waals surface area contributed by atoms with Crippen LogP contribution in [0.25, 0.3) is 0 Å². The first kappa shape index (κ1) is 20.3. The quantitative estimate of drug-likeness (QED) is 0.539. The van der Waals surface area contributed by atoms with E-state index in [1.807, 2.05) is 13.8 Å². The van der Waals surface area contributed by atoms with Crippen molar-refractivity contribution in [3.05, 3.63) is 59.5 Å². The molecule has 1 atom stereocenters. The number of amides is 3. The maximum Gasteiger partial charge on any atom is 0.329 e. The molecule has 1 aliphatic rings. The summed E-state index contributed by atoms with van der Waals surface area (Å²) in [5.74, 6) is -1.79. The van der Waals surface area contributed by atoms with Crippen LogP contribution in [0, 0.1) is 5.92 Å². The third-order valence-corrected chi connectivity index (χ3v) is 4.49. The molecule has 0 radical (unpaired) electrons. The van der Waals surface area contributed by atoms with Crippen LogP contribution in [0.2, 0.25) is 0 Å². The lowest BCUT2D eigenvalue weighted by molar-refractivity contribution is -0.152. The first-order chi connectivity index (χ1) is 13.9. The summed E-state index contributed by atoms with van der Waals surface area (Å²) in [6.45, 7) is 3.39. The summed E-state index contributed by atoms with van der Waals surface area (Å²) in [4.78, 5) is 51.0. The van der Waals surface area contributed by atoms with Gasteiger partial charge < -0.3 is 14.5 Å². The number of imide groups is 1. The van der Waals surface area contributed by atoms with E-state index in [0.29, 0.717) is 5.76 Å². The number of hydrogen-bond acceptors (Lipinski definition) is 6. The van der Waals surface area contributed by atoms with E-state index >= 15 is 0 Å². The lowest BCUT2D eigenvalue weighted by atomic mass is 10.0. The number of rotatable bonds is 8. The highest BCUT2D eigenvalue weighted by Gasteiger charge is 2.43. The molecular weight excluding hydrogens is 376 g/mol. The van der Waals surface area contributed by atoms with E-state index in [9.17, 15) is 19.2 Å². The van der Waals surface area contributed by atoms with Crippen LogP contribution < -0.4 is 5.32 Å². The average molecular weight is 398 g/mol. The minimum Gasteiger partial charge on any atom is -0.467 e. The molecule has 8 heteroatoms. The average Bonchev–Trinajstić information content (AvgIpc) is 3.30. The van der Waals surface area contributed by atoms with Crippen molar-refractivity contribution >= 4 is 23.7 Å². The van der Waals surface area contributed by atoms with Crippen molar-refractivity contribution in [3.8, 4) is 0 Å². The summed E-state index contributed by atoms with van der Waals surface area (Å²) >= 11 is 0. The summed E-state index contributed by atoms with van der Waals surface area (Å²) in [7, 11) is 0. The predicted molar refractivity (Wildman–Crippen MR) is 102 cm³/mol. The van der Waals surface area contributed by atoms with Crippen molar-refractivity contribution in [1.82, 2.24) is 10.2 Å². The zero-order valence-corrected chi connectivity index (χ0v) is 16.2. The van der Waals surface area contributed by atoms with E-state index in [1.165, 1.54) is 6.26 Å². The molecule has 3 amide bonds. The number of esters is 1. The minimum atomic E-state index is -1.10. The third kappa shape index (κ3) is 4.53. The molecule has 29 heavy (non-hydrogen) atoms. The molecule has 1 aliphatic heterocycles. The van der Waals surface area contributed by atoms with Gasteiger partial charge in [0.2, 0.25) is 0 Å². The fraction of sp³-hybridized carbons (Fsp3) is 0.333. The van der Waals surface area contributed by atoms with Gasteiger partial charge in [0.15, 0.2) is 6.61 Å². The van der Waals surface area contributed by atoms with Crippen molar-refractivity contribution in [2.24, 2.45) is 5.92 Å². The largest absolute Gasteiger partial charge is 0.467 e. The number of nitrogens with one attached hydrogen (secondary N) is 1. The second-order valence-electron chi connectivity index (χ2n) is 7.14. The Kier molecular flexibility index (Phi) is 6.11. The highest BCUT2D eigenvalue weighted by atomic mass is 16.5. The van der Waals surface area contributed by atoms with E-state index < -0.39 is 36.3 Å². The number of benzene rings is 1. The monoisotopic (exact) mass is 398 g/mol. The zero-order chi connectivity index (χ0) is 21.0. The summed E-state index contributed by atoms with van der Waals surface area (Å²) in [5.41, 5.74) is 0.519. The van der Waals surface area contributed by atoms with Crippen molar-refractivity contribution in [2.45, 2.75) is 32.9 Å². The predicted octanol–water partition coefficient (Wildman–Crippen LogP) is 2.15. The van der Waals surface area contributed by atoms with Gasteiger partial charge in [0.25, 0.3) is 17.7 Å². The molecule has 152 valence electrons. The standard InChI is InChI=1S/C21H22N2O6/c1-13(2)10-17(23-19(25)15-7-3-4-8-16(15)20(23)26)21(27)29-12-18(24)22-11-14-6-5-9-28-14/h3-9,13,17H,10-12H2,1-2H3,(H,22,24)/t17-/m0/s1. The maximum absolute atomic E-state index is 12.7. The van der Waals surface area contributed by atoms with Crippen LogP contribution in [0.5, 0.6) is 0 Å². The zero-order valence-electron chi connectivity index (χ0n) is 16.2. The summed E-state index contributed by atoms with van der Waals surface area (Å²) in [5, 5.41) is 2.56. The Morgan fingerprint density at radius 1 is 1.07 bits per heavy atom. The number of nitrogens with zero attached hydrogens (tertiary/aromatic N) is 1. The van der Waals surface area contributed by atoms with Gasteiger partial charge >= 0.3 is 5.97 Å². The van der Waals surface area contributed by atoms with E-state index in [4.69, 9.17) is 9.15 Å². The molecule has 0 saturated carbocycles. The number of carbonyl (C=O) groups is 4. The summed E-state index contributed by atoms with van der Waals surface area (Å²) in [6, 6.07) is 8.72. The van der Waals surface area contributed by atoms with Gasteiger partial charge in [0.05, 0.1) is 23.9 Å². The number of furan rings is 1. The Balaban J connectivity index is 1.65. The molecule has 0 saturated heterocycles. The maximum atomic E-state index is 12.7. The molecule has 0 bridgehead atoms. The highest BCUT2D eigenvalue weighted by molar-refractivity contribution is 6.22. The second-order valence-corrected chi connectivity index (χ2v) is 7.14. The topological polar surface area (TPSA) is 106 Å². The van der Waals surface area contributed by atoms with Crippen LogP contribution in [0.3, 0.4) is 0 Å². The lowest BCUT2D eigenvalue weighted by Crippen LogP contribution is -2.47. The lowest BCUT2D eigenvalue weighted by Gasteiger charge is -2.25. The fourth-order valence-electron chi connectivity index (χ4n) is 3.13. The SMILES string of the molecule is CC(C)C[C@@H](C(=O)OCC(=O)NCc1ccco1)N1C(=O)c2ccccc2C1=O. The first-order valence-electron chi connectivity index (χ1n) is 9.31.